The first kappa shape index (κ1) is 14.2. The molecule has 114 valence electrons. The fourth-order valence-corrected chi connectivity index (χ4v) is 2.14. The largest absolute Gasteiger partial charge is 0.361 e. The summed E-state index contributed by atoms with van der Waals surface area (Å²) in [5.74, 6) is 1.17. The van der Waals surface area contributed by atoms with E-state index in [0.717, 1.165) is 6.54 Å². The summed E-state index contributed by atoms with van der Waals surface area (Å²) in [5.41, 5.74) is 0.684. The van der Waals surface area contributed by atoms with E-state index in [2.05, 4.69) is 15.6 Å². The number of nitrogens with zero attached hydrogens (tertiary/aromatic N) is 2. The first-order valence-electron chi connectivity index (χ1n) is 7.17. The van der Waals surface area contributed by atoms with Gasteiger partial charge in [0.2, 0.25) is 5.91 Å². The van der Waals surface area contributed by atoms with Crippen molar-refractivity contribution >= 4 is 28.3 Å². The van der Waals surface area contributed by atoms with Crippen LogP contribution < -0.4 is 10.6 Å². The monoisotopic (exact) mass is 300 g/mol. The topological polar surface area (TPSA) is 97.2 Å². The van der Waals surface area contributed by atoms with Crippen molar-refractivity contribution < 1.29 is 9.72 Å². The molecular formula is C15H16N4O3. The number of fused-ring (bicyclic) bond motifs is 1. The van der Waals surface area contributed by atoms with E-state index in [0.29, 0.717) is 22.6 Å². The molecule has 7 heteroatoms. The Morgan fingerprint density at radius 3 is 2.86 bits per heavy atom. The van der Waals surface area contributed by atoms with Gasteiger partial charge in [0.25, 0.3) is 5.69 Å². The third kappa shape index (κ3) is 3.49. The second-order valence-electron chi connectivity index (χ2n) is 5.43. The van der Waals surface area contributed by atoms with Crippen molar-refractivity contribution in [3.63, 3.8) is 0 Å². The molecule has 0 radical (unpaired) electrons. The molecule has 0 spiro atoms. The number of rotatable bonds is 6. The number of non-ortho nitro benzene ring substituents is 1. The van der Waals surface area contributed by atoms with E-state index >= 15 is 0 Å². The summed E-state index contributed by atoms with van der Waals surface area (Å²) in [6.45, 7) is 0.910. The number of hydrogen-bond donors (Lipinski definition) is 2. The fourth-order valence-electron chi connectivity index (χ4n) is 2.14. The Bertz CT molecular complexity index is 728. The number of anilines is 1. The Hall–Kier alpha value is -2.70. The van der Waals surface area contributed by atoms with Gasteiger partial charge in [-0.25, -0.2) is 4.98 Å². The molecule has 1 aliphatic rings. The van der Waals surface area contributed by atoms with E-state index in [1.54, 1.807) is 18.2 Å². The van der Waals surface area contributed by atoms with Crippen LogP contribution in [0.25, 0.3) is 10.9 Å². The predicted molar refractivity (Wildman–Crippen MR) is 82.6 cm³/mol. The molecule has 0 aliphatic heterocycles. The molecule has 0 saturated heterocycles. The maximum atomic E-state index is 11.7. The smallest absolute Gasteiger partial charge is 0.270 e. The number of nitro benzene ring substituents is 1. The summed E-state index contributed by atoms with van der Waals surface area (Å²) in [4.78, 5) is 26.3. The van der Waals surface area contributed by atoms with Gasteiger partial charge in [0.15, 0.2) is 0 Å². The van der Waals surface area contributed by atoms with E-state index < -0.39 is 4.92 Å². The molecule has 0 bridgehead atoms. The van der Waals surface area contributed by atoms with Crippen LogP contribution in [0.4, 0.5) is 11.5 Å². The van der Waals surface area contributed by atoms with Crippen LogP contribution in [-0.4, -0.2) is 28.9 Å². The molecule has 1 aromatic carbocycles. The van der Waals surface area contributed by atoms with E-state index in [-0.39, 0.29) is 18.1 Å². The Morgan fingerprint density at radius 2 is 2.14 bits per heavy atom. The molecule has 22 heavy (non-hydrogen) atoms. The second kappa shape index (κ2) is 5.97. The zero-order valence-corrected chi connectivity index (χ0v) is 11.9. The summed E-state index contributed by atoms with van der Waals surface area (Å²) in [7, 11) is 0. The highest BCUT2D eigenvalue weighted by Crippen LogP contribution is 2.27. The molecule has 0 atom stereocenters. The molecule has 1 aliphatic carbocycles. The number of hydrogen-bond acceptors (Lipinski definition) is 5. The van der Waals surface area contributed by atoms with Crippen molar-refractivity contribution in [1.29, 1.82) is 0 Å². The van der Waals surface area contributed by atoms with Gasteiger partial charge < -0.3 is 10.6 Å². The van der Waals surface area contributed by atoms with Crippen molar-refractivity contribution in [2.75, 3.05) is 18.4 Å². The molecule has 3 rings (SSSR count). The van der Waals surface area contributed by atoms with Crippen molar-refractivity contribution in [2.45, 2.75) is 12.8 Å². The molecule has 1 aromatic heterocycles. The van der Waals surface area contributed by atoms with Gasteiger partial charge in [0.1, 0.15) is 5.82 Å². The Kier molecular flexibility index (Phi) is 3.86. The summed E-state index contributed by atoms with van der Waals surface area (Å²) in [6, 6.07) is 7.96. The predicted octanol–water partition coefficient (Wildman–Crippen LogP) is 2.08. The molecule has 1 fully saturated rings. The Labute approximate surface area is 126 Å². The van der Waals surface area contributed by atoms with Gasteiger partial charge in [0.05, 0.1) is 17.0 Å². The molecule has 7 nitrogen and oxygen atoms in total. The molecule has 1 heterocycles. The summed E-state index contributed by atoms with van der Waals surface area (Å²) in [6.07, 6.45) is 2.40. The van der Waals surface area contributed by atoms with Crippen LogP contribution in [0.3, 0.4) is 0 Å². The highest BCUT2D eigenvalue weighted by molar-refractivity contribution is 5.84. The van der Waals surface area contributed by atoms with Crippen LogP contribution in [0.2, 0.25) is 0 Å². The quantitative estimate of drug-likeness (QED) is 0.629. The van der Waals surface area contributed by atoms with E-state index in [1.165, 1.54) is 25.0 Å². The van der Waals surface area contributed by atoms with Gasteiger partial charge in [-0.1, -0.05) is 0 Å². The van der Waals surface area contributed by atoms with Crippen LogP contribution in [-0.2, 0) is 4.79 Å². The minimum Gasteiger partial charge on any atom is -0.361 e. The zero-order valence-electron chi connectivity index (χ0n) is 11.9. The lowest BCUT2D eigenvalue weighted by Gasteiger charge is -2.07. The number of carbonyl (C=O) groups excluding carboxylic acids is 1. The molecule has 2 aromatic rings. The lowest BCUT2D eigenvalue weighted by Crippen LogP contribution is -2.31. The van der Waals surface area contributed by atoms with Crippen molar-refractivity contribution in [3.05, 3.63) is 40.4 Å². The van der Waals surface area contributed by atoms with Crippen molar-refractivity contribution in [3.8, 4) is 0 Å². The SMILES string of the molecule is O=C(CNc1ccc2cc([N+](=O)[O-])ccc2n1)NCC1CC1. The number of pyridine rings is 1. The van der Waals surface area contributed by atoms with Crippen LogP contribution in [0.1, 0.15) is 12.8 Å². The van der Waals surface area contributed by atoms with Crippen LogP contribution in [0.5, 0.6) is 0 Å². The summed E-state index contributed by atoms with van der Waals surface area (Å²) in [5, 5.41) is 17.3. The highest BCUT2D eigenvalue weighted by Gasteiger charge is 2.21. The molecule has 0 unspecified atom stereocenters. The standard InChI is InChI=1S/C15H16N4O3/c20-15(17-8-10-1-2-10)9-16-14-6-3-11-7-12(19(21)22)4-5-13(11)18-14/h3-7,10H,1-2,8-9H2,(H,16,18)(H,17,20). The lowest BCUT2D eigenvalue weighted by molar-refractivity contribution is -0.384. The van der Waals surface area contributed by atoms with Crippen LogP contribution >= 0.6 is 0 Å². The molecule has 2 N–H and O–H groups in total. The molecule has 1 amide bonds. The number of amides is 1. The first-order chi connectivity index (χ1) is 10.6. The van der Waals surface area contributed by atoms with Crippen molar-refractivity contribution in [1.82, 2.24) is 10.3 Å². The summed E-state index contributed by atoms with van der Waals surface area (Å²) < 4.78 is 0. The zero-order chi connectivity index (χ0) is 15.5. The van der Waals surface area contributed by atoms with Gasteiger partial charge in [-0.05, 0) is 37.0 Å². The van der Waals surface area contributed by atoms with Crippen molar-refractivity contribution in [2.24, 2.45) is 5.92 Å². The third-order valence-corrected chi connectivity index (χ3v) is 3.60. The van der Waals surface area contributed by atoms with Gasteiger partial charge in [0, 0.05) is 24.1 Å². The maximum Gasteiger partial charge on any atom is 0.270 e. The second-order valence-corrected chi connectivity index (χ2v) is 5.43. The van der Waals surface area contributed by atoms with Crippen LogP contribution in [0, 0.1) is 16.0 Å². The minimum absolute atomic E-state index is 0.0365. The Morgan fingerprint density at radius 1 is 1.32 bits per heavy atom. The van der Waals surface area contributed by atoms with Gasteiger partial charge in [-0.3, -0.25) is 14.9 Å². The van der Waals surface area contributed by atoms with E-state index in [1.807, 2.05) is 0 Å². The van der Waals surface area contributed by atoms with Gasteiger partial charge in [-0.15, -0.1) is 0 Å². The molecule has 1 saturated carbocycles. The number of benzene rings is 1. The molecular weight excluding hydrogens is 284 g/mol. The number of carbonyl (C=O) groups is 1. The number of aromatic nitrogens is 1. The number of nitrogens with one attached hydrogen (secondary N) is 2. The third-order valence-electron chi connectivity index (χ3n) is 3.60. The minimum atomic E-state index is -0.435. The lowest BCUT2D eigenvalue weighted by atomic mass is 10.2. The normalized spacial score (nSPS) is 13.8. The van der Waals surface area contributed by atoms with E-state index in [4.69, 9.17) is 0 Å². The summed E-state index contributed by atoms with van der Waals surface area (Å²) >= 11 is 0. The fraction of sp³-hybridized carbons (Fsp3) is 0.333. The number of nitro groups is 1. The average Bonchev–Trinajstić information content (AvgIpc) is 3.34. The van der Waals surface area contributed by atoms with E-state index in [9.17, 15) is 14.9 Å². The first-order valence-corrected chi connectivity index (χ1v) is 7.17. The highest BCUT2D eigenvalue weighted by atomic mass is 16.6. The Balaban J connectivity index is 1.62. The van der Waals surface area contributed by atoms with Crippen LogP contribution in [0.15, 0.2) is 30.3 Å². The average molecular weight is 300 g/mol. The van der Waals surface area contributed by atoms with Gasteiger partial charge >= 0.3 is 0 Å². The van der Waals surface area contributed by atoms with Gasteiger partial charge in [-0.2, -0.15) is 0 Å². The maximum absolute atomic E-state index is 11.7.